The molecule has 2 rings (SSSR count). The first-order valence-electron chi connectivity index (χ1n) is 6.48. The predicted octanol–water partition coefficient (Wildman–Crippen LogP) is 3.88. The zero-order valence-electron chi connectivity index (χ0n) is 10.3. The van der Waals surface area contributed by atoms with E-state index in [0.717, 1.165) is 25.7 Å². The Hall–Kier alpha value is -0.460. The van der Waals surface area contributed by atoms with Gasteiger partial charge in [-0.15, -0.1) is 0 Å². The summed E-state index contributed by atoms with van der Waals surface area (Å²) in [5.74, 6) is -2.71. The number of nitrogens with two attached hydrogens (primary N) is 1. The molecule has 0 heterocycles. The molecule has 2 saturated carbocycles. The molecule has 19 heavy (non-hydrogen) atoms. The fourth-order valence-electron chi connectivity index (χ4n) is 3.82. The second kappa shape index (κ2) is 4.82. The molecule has 112 valence electrons. The molecular formula is C12H17F6N. The molecule has 0 saturated heterocycles. The zero-order chi connectivity index (χ0) is 14.4. The van der Waals surface area contributed by atoms with Crippen LogP contribution in [0.4, 0.5) is 26.3 Å². The maximum Gasteiger partial charge on any atom is 0.401 e. The highest BCUT2D eigenvalue weighted by atomic mass is 19.4. The lowest BCUT2D eigenvalue weighted by Crippen LogP contribution is -2.49. The number of hydrogen-bond donors (Lipinski definition) is 1. The van der Waals surface area contributed by atoms with Crippen LogP contribution in [-0.2, 0) is 0 Å². The van der Waals surface area contributed by atoms with Gasteiger partial charge in [0, 0.05) is 6.04 Å². The number of rotatable bonds is 3. The third-order valence-corrected chi connectivity index (χ3v) is 4.59. The molecule has 2 aliphatic rings. The van der Waals surface area contributed by atoms with E-state index >= 15 is 0 Å². The average molecular weight is 289 g/mol. The SMILES string of the molecule is NC(CC1CC2CCC1C2)C(C(F)(F)F)C(F)(F)F. The van der Waals surface area contributed by atoms with Crippen LogP contribution in [0.15, 0.2) is 0 Å². The van der Waals surface area contributed by atoms with E-state index in [4.69, 9.17) is 5.73 Å². The van der Waals surface area contributed by atoms with E-state index in [9.17, 15) is 26.3 Å². The minimum absolute atomic E-state index is 0.0686. The van der Waals surface area contributed by atoms with Crippen molar-refractivity contribution >= 4 is 0 Å². The first-order chi connectivity index (χ1) is 8.59. The van der Waals surface area contributed by atoms with Crippen molar-refractivity contribution in [1.82, 2.24) is 0 Å². The van der Waals surface area contributed by atoms with E-state index in [0.29, 0.717) is 5.92 Å². The van der Waals surface area contributed by atoms with Gasteiger partial charge in [0.15, 0.2) is 5.92 Å². The van der Waals surface area contributed by atoms with Gasteiger partial charge in [0.25, 0.3) is 0 Å². The van der Waals surface area contributed by atoms with Crippen LogP contribution in [0.1, 0.15) is 32.1 Å². The van der Waals surface area contributed by atoms with Crippen LogP contribution in [0.2, 0.25) is 0 Å². The summed E-state index contributed by atoms with van der Waals surface area (Å²) in [6, 6.07) is -1.88. The van der Waals surface area contributed by atoms with Crippen molar-refractivity contribution in [2.75, 3.05) is 0 Å². The fraction of sp³-hybridized carbons (Fsp3) is 1.00. The molecule has 2 fully saturated rings. The van der Waals surface area contributed by atoms with Crippen LogP contribution < -0.4 is 5.73 Å². The number of hydrogen-bond acceptors (Lipinski definition) is 1. The quantitative estimate of drug-likeness (QED) is 0.784. The number of halogens is 6. The van der Waals surface area contributed by atoms with Crippen LogP contribution in [0.25, 0.3) is 0 Å². The van der Waals surface area contributed by atoms with Crippen LogP contribution in [-0.4, -0.2) is 18.4 Å². The minimum Gasteiger partial charge on any atom is -0.327 e. The van der Waals surface area contributed by atoms with Crippen molar-refractivity contribution in [3.05, 3.63) is 0 Å². The maximum atomic E-state index is 12.5. The smallest absolute Gasteiger partial charge is 0.327 e. The third kappa shape index (κ3) is 3.17. The molecule has 0 aromatic carbocycles. The van der Waals surface area contributed by atoms with Crippen molar-refractivity contribution in [2.45, 2.75) is 50.5 Å². The highest BCUT2D eigenvalue weighted by Gasteiger charge is 2.59. The summed E-state index contributed by atoms with van der Waals surface area (Å²) in [6.45, 7) is 0. The summed E-state index contributed by atoms with van der Waals surface area (Å²) in [6.07, 6.45) is -7.17. The largest absolute Gasteiger partial charge is 0.401 e. The molecule has 0 spiro atoms. The first-order valence-corrected chi connectivity index (χ1v) is 6.48. The zero-order valence-corrected chi connectivity index (χ0v) is 10.3. The highest BCUT2D eigenvalue weighted by molar-refractivity contribution is 4.94. The fourth-order valence-corrected chi connectivity index (χ4v) is 3.82. The summed E-state index contributed by atoms with van der Waals surface area (Å²) in [5.41, 5.74) is 5.26. The summed E-state index contributed by atoms with van der Waals surface area (Å²) in [5, 5.41) is 0. The van der Waals surface area contributed by atoms with E-state index in [1.54, 1.807) is 0 Å². The van der Waals surface area contributed by atoms with Crippen molar-refractivity contribution in [2.24, 2.45) is 29.4 Å². The van der Waals surface area contributed by atoms with Gasteiger partial charge in [-0.2, -0.15) is 26.3 Å². The van der Waals surface area contributed by atoms with Crippen LogP contribution >= 0.6 is 0 Å². The molecule has 4 atom stereocenters. The van der Waals surface area contributed by atoms with Gasteiger partial charge in [0.05, 0.1) is 0 Å². The minimum atomic E-state index is -5.32. The lowest BCUT2D eigenvalue weighted by molar-refractivity contribution is -0.290. The molecule has 2 bridgehead atoms. The summed E-state index contributed by atoms with van der Waals surface area (Å²) in [7, 11) is 0. The highest BCUT2D eigenvalue weighted by Crippen LogP contribution is 2.51. The lowest BCUT2D eigenvalue weighted by atomic mass is 9.81. The average Bonchev–Trinajstić information content (AvgIpc) is 2.72. The van der Waals surface area contributed by atoms with Gasteiger partial charge in [0.2, 0.25) is 0 Å². The Morgan fingerprint density at radius 1 is 0.947 bits per heavy atom. The molecule has 1 nitrogen and oxygen atoms in total. The molecule has 7 heteroatoms. The van der Waals surface area contributed by atoms with E-state index < -0.39 is 24.3 Å². The Bertz CT molecular complexity index is 309. The molecule has 2 aliphatic carbocycles. The normalized spacial score (nSPS) is 33.2. The lowest BCUT2D eigenvalue weighted by Gasteiger charge is -2.31. The number of fused-ring (bicyclic) bond motifs is 2. The van der Waals surface area contributed by atoms with Crippen molar-refractivity contribution < 1.29 is 26.3 Å². The van der Waals surface area contributed by atoms with Crippen molar-refractivity contribution in [1.29, 1.82) is 0 Å². The van der Waals surface area contributed by atoms with Gasteiger partial charge in [-0.05, 0) is 43.4 Å². The molecule has 0 aromatic heterocycles. The summed E-state index contributed by atoms with van der Waals surface area (Å²) < 4.78 is 75.2. The van der Waals surface area contributed by atoms with E-state index in [-0.39, 0.29) is 18.3 Å². The standard InChI is InChI=1S/C12H17F6N/c13-11(14,15)10(12(16,17)18)9(19)5-8-4-6-1-2-7(8)3-6/h6-10H,1-5,19H2. The summed E-state index contributed by atoms with van der Waals surface area (Å²) >= 11 is 0. The Balaban J connectivity index is 2.02. The van der Waals surface area contributed by atoms with Gasteiger partial charge in [0.1, 0.15) is 0 Å². The van der Waals surface area contributed by atoms with Gasteiger partial charge in [-0.3, -0.25) is 0 Å². The Morgan fingerprint density at radius 3 is 1.89 bits per heavy atom. The topological polar surface area (TPSA) is 26.0 Å². The molecule has 0 amide bonds. The number of alkyl halides is 6. The second-order valence-corrected chi connectivity index (χ2v) is 5.90. The first kappa shape index (κ1) is 14.9. The van der Waals surface area contributed by atoms with Crippen molar-refractivity contribution in [3.8, 4) is 0 Å². The molecule has 0 radical (unpaired) electrons. The molecule has 0 aromatic rings. The summed E-state index contributed by atoms with van der Waals surface area (Å²) in [4.78, 5) is 0. The Morgan fingerprint density at radius 2 is 1.53 bits per heavy atom. The van der Waals surface area contributed by atoms with Crippen molar-refractivity contribution in [3.63, 3.8) is 0 Å². The van der Waals surface area contributed by atoms with E-state index in [1.165, 1.54) is 0 Å². The molecule has 0 aliphatic heterocycles. The Labute approximate surface area is 107 Å². The van der Waals surface area contributed by atoms with Crippen LogP contribution in [0.5, 0.6) is 0 Å². The van der Waals surface area contributed by atoms with E-state index in [1.807, 2.05) is 0 Å². The van der Waals surface area contributed by atoms with Gasteiger partial charge in [-0.1, -0.05) is 6.42 Å². The molecule has 4 unspecified atom stereocenters. The Kier molecular flexibility index (Phi) is 3.79. The molecule has 2 N–H and O–H groups in total. The molecular weight excluding hydrogens is 272 g/mol. The monoisotopic (exact) mass is 289 g/mol. The second-order valence-electron chi connectivity index (χ2n) is 5.90. The van der Waals surface area contributed by atoms with Gasteiger partial charge < -0.3 is 5.73 Å². The van der Waals surface area contributed by atoms with Crippen LogP contribution in [0.3, 0.4) is 0 Å². The van der Waals surface area contributed by atoms with Gasteiger partial charge >= 0.3 is 12.4 Å². The van der Waals surface area contributed by atoms with E-state index in [2.05, 4.69) is 0 Å². The predicted molar refractivity (Wildman–Crippen MR) is 57.1 cm³/mol. The maximum absolute atomic E-state index is 12.5. The van der Waals surface area contributed by atoms with Crippen LogP contribution in [0, 0.1) is 23.7 Å². The van der Waals surface area contributed by atoms with Gasteiger partial charge in [-0.25, -0.2) is 0 Å². The third-order valence-electron chi connectivity index (χ3n) is 4.59.